The van der Waals surface area contributed by atoms with E-state index in [1.54, 1.807) is 0 Å². The van der Waals surface area contributed by atoms with E-state index in [1.807, 2.05) is 0 Å². The van der Waals surface area contributed by atoms with E-state index >= 15 is 0 Å². The highest BCUT2D eigenvalue weighted by Gasteiger charge is 2.07. The molecule has 16 heavy (non-hydrogen) atoms. The Balaban J connectivity index is 2.28. The number of halogens is 3. The van der Waals surface area contributed by atoms with Gasteiger partial charge in [-0.2, -0.15) is 0 Å². The lowest BCUT2D eigenvalue weighted by Crippen LogP contribution is -1.91. The Kier molecular flexibility index (Phi) is 3.09. The van der Waals surface area contributed by atoms with Gasteiger partial charge in [-0.05, 0) is 28.1 Å². The van der Waals surface area contributed by atoms with Crippen molar-refractivity contribution in [1.82, 2.24) is 9.97 Å². The first kappa shape index (κ1) is 10.9. The maximum Gasteiger partial charge on any atom is 0.236 e. The maximum absolute atomic E-state index is 12.9. The number of aromatic nitrogens is 2. The minimum absolute atomic E-state index is 0.165. The molecule has 6 heteroatoms. The van der Waals surface area contributed by atoms with Crippen molar-refractivity contribution in [1.29, 1.82) is 0 Å². The maximum atomic E-state index is 12.9. The quantitative estimate of drug-likeness (QED) is 0.850. The van der Waals surface area contributed by atoms with Crippen molar-refractivity contribution in [2.45, 2.75) is 0 Å². The fourth-order valence-corrected chi connectivity index (χ4v) is 1.33. The first-order valence-electron chi connectivity index (χ1n) is 4.25. The van der Waals surface area contributed by atoms with Gasteiger partial charge in [0.05, 0.1) is 4.47 Å². The smallest absolute Gasteiger partial charge is 0.236 e. The van der Waals surface area contributed by atoms with E-state index in [0.717, 1.165) is 12.1 Å². The summed E-state index contributed by atoms with van der Waals surface area (Å²) in [6.45, 7) is 0. The summed E-state index contributed by atoms with van der Waals surface area (Å²) in [6.07, 6.45) is 2.78. The second-order valence-corrected chi connectivity index (χ2v) is 3.71. The molecule has 0 N–H and O–H groups in total. The third-order valence-electron chi connectivity index (χ3n) is 1.74. The molecule has 1 aromatic heterocycles. The highest BCUT2D eigenvalue weighted by Crippen LogP contribution is 2.26. The number of ether oxygens (including phenoxy) is 1. The van der Waals surface area contributed by atoms with Crippen LogP contribution in [0.2, 0.25) is 0 Å². The molecule has 1 heterocycles. The monoisotopic (exact) mass is 286 g/mol. The molecule has 2 rings (SSSR count). The second-order valence-electron chi connectivity index (χ2n) is 2.85. The average molecular weight is 287 g/mol. The number of rotatable bonds is 2. The number of benzene rings is 1. The van der Waals surface area contributed by atoms with Gasteiger partial charge >= 0.3 is 0 Å². The van der Waals surface area contributed by atoms with Gasteiger partial charge in [-0.15, -0.1) is 0 Å². The summed E-state index contributed by atoms with van der Waals surface area (Å²) in [5, 5.41) is 0. The average Bonchev–Trinajstić information content (AvgIpc) is 2.27. The number of hydrogen-bond donors (Lipinski definition) is 0. The van der Waals surface area contributed by atoms with Crippen molar-refractivity contribution >= 4 is 15.9 Å². The van der Waals surface area contributed by atoms with E-state index in [-0.39, 0.29) is 11.6 Å². The summed E-state index contributed by atoms with van der Waals surface area (Å²) < 4.78 is 31.3. The van der Waals surface area contributed by atoms with Gasteiger partial charge in [0.2, 0.25) is 5.88 Å². The molecule has 0 spiro atoms. The first-order valence-corrected chi connectivity index (χ1v) is 5.04. The fraction of sp³-hybridized carbons (Fsp3) is 0. The van der Waals surface area contributed by atoms with Crippen LogP contribution in [0.1, 0.15) is 0 Å². The van der Waals surface area contributed by atoms with Gasteiger partial charge < -0.3 is 4.74 Å². The zero-order valence-corrected chi connectivity index (χ0v) is 9.41. The third-order valence-corrected chi connectivity index (χ3v) is 2.28. The first-order chi connectivity index (χ1) is 7.66. The predicted molar refractivity (Wildman–Crippen MR) is 56.2 cm³/mol. The van der Waals surface area contributed by atoms with Gasteiger partial charge in [0.25, 0.3) is 0 Å². The Morgan fingerprint density at radius 3 is 2.69 bits per heavy atom. The lowest BCUT2D eigenvalue weighted by molar-refractivity contribution is 0.444. The van der Waals surface area contributed by atoms with Crippen LogP contribution >= 0.6 is 15.9 Å². The van der Waals surface area contributed by atoms with Gasteiger partial charge in [0.1, 0.15) is 12.1 Å². The fourth-order valence-electron chi connectivity index (χ4n) is 1.03. The van der Waals surface area contributed by atoms with Gasteiger partial charge in [-0.25, -0.2) is 18.7 Å². The van der Waals surface area contributed by atoms with E-state index in [2.05, 4.69) is 25.9 Å². The van der Waals surface area contributed by atoms with Gasteiger partial charge in [-0.1, -0.05) is 0 Å². The Hall–Kier alpha value is -1.56. The molecule has 0 saturated carbocycles. The molecule has 3 nitrogen and oxygen atoms in total. The van der Waals surface area contributed by atoms with Crippen LogP contribution < -0.4 is 4.74 Å². The van der Waals surface area contributed by atoms with Crippen LogP contribution in [0, 0.1) is 11.6 Å². The van der Waals surface area contributed by atoms with Crippen molar-refractivity contribution in [3.8, 4) is 11.6 Å². The Labute approximate surface area is 98.2 Å². The van der Waals surface area contributed by atoms with Crippen LogP contribution in [0.15, 0.2) is 35.2 Å². The summed E-state index contributed by atoms with van der Waals surface area (Å²) in [6, 6.07) is 3.25. The Morgan fingerprint density at radius 2 is 2.00 bits per heavy atom. The predicted octanol–water partition coefficient (Wildman–Crippen LogP) is 3.31. The van der Waals surface area contributed by atoms with Gasteiger partial charge in [0.15, 0.2) is 11.6 Å². The number of hydrogen-bond acceptors (Lipinski definition) is 3. The molecule has 0 bridgehead atoms. The molecule has 0 aliphatic carbocycles. The van der Waals surface area contributed by atoms with Crippen molar-refractivity contribution in [2.24, 2.45) is 0 Å². The molecule has 0 fully saturated rings. The third kappa shape index (κ3) is 2.33. The standard InChI is InChI=1S/C10H5BrF2N2O/c11-7-4-14-5-15-10(7)16-6-1-2-8(12)9(13)3-6/h1-5H. The minimum Gasteiger partial charge on any atom is -0.438 e. The van der Waals surface area contributed by atoms with Crippen LogP contribution in [0.5, 0.6) is 11.6 Å². The highest BCUT2D eigenvalue weighted by atomic mass is 79.9. The lowest BCUT2D eigenvalue weighted by atomic mass is 10.3. The molecule has 1 aromatic carbocycles. The lowest BCUT2D eigenvalue weighted by Gasteiger charge is -2.05. The zero-order valence-electron chi connectivity index (χ0n) is 7.82. The van der Waals surface area contributed by atoms with Crippen LogP contribution in [-0.2, 0) is 0 Å². The molecule has 0 radical (unpaired) electrons. The Morgan fingerprint density at radius 1 is 1.19 bits per heavy atom. The molecule has 0 unspecified atom stereocenters. The molecular formula is C10H5BrF2N2O. The second kappa shape index (κ2) is 4.52. The molecule has 0 saturated heterocycles. The highest BCUT2D eigenvalue weighted by molar-refractivity contribution is 9.10. The van der Waals surface area contributed by atoms with Crippen LogP contribution in [0.3, 0.4) is 0 Å². The number of nitrogens with zero attached hydrogens (tertiary/aromatic N) is 2. The summed E-state index contributed by atoms with van der Waals surface area (Å²) >= 11 is 3.17. The molecule has 0 amide bonds. The summed E-state index contributed by atoms with van der Waals surface area (Å²) in [5.74, 6) is -1.49. The van der Waals surface area contributed by atoms with Crippen molar-refractivity contribution in [3.63, 3.8) is 0 Å². The largest absolute Gasteiger partial charge is 0.438 e. The summed E-state index contributed by atoms with van der Waals surface area (Å²) in [7, 11) is 0. The van der Waals surface area contributed by atoms with Crippen molar-refractivity contribution in [2.75, 3.05) is 0 Å². The van der Waals surface area contributed by atoms with Gasteiger partial charge in [-0.3, -0.25) is 0 Å². The van der Waals surface area contributed by atoms with E-state index in [9.17, 15) is 8.78 Å². The van der Waals surface area contributed by atoms with E-state index in [4.69, 9.17) is 4.74 Å². The topological polar surface area (TPSA) is 35.0 Å². The zero-order chi connectivity index (χ0) is 11.5. The minimum atomic E-state index is -0.970. The molecule has 2 aromatic rings. The van der Waals surface area contributed by atoms with E-state index < -0.39 is 11.6 Å². The molecule has 0 atom stereocenters. The summed E-state index contributed by atoms with van der Waals surface area (Å²) in [4.78, 5) is 7.58. The Bertz CT molecular complexity index is 522. The van der Waals surface area contributed by atoms with Crippen molar-refractivity contribution < 1.29 is 13.5 Å². The van der Waals surface area contributed by atoms with E-state index in [0.29, 0.717) is 4.47 Å². The van der Waals surface area contributed by atoms with Crippen LogP contribution in [-0.4, -0.2) is 9.97 Å². The molecule has 82 valence electrons. The van der Waals surface area contributed by atoms with Gasteiger partial charge in [0, 0.05) is 12.3 Å². The van der Waals surface area contributed by atoms with Crippen molar-refractivity contribution in [3.05, 3.63) is 46.8 Å². The molecule has 0 aliphatic rings. The molecular weight excluding hydrogens is 282 g/mol. The van der Waals surface area contributed by atoms with Crippen LogP contribution in [0.4, 0.5) is 8.78 Å². The molecule has 0 aliphatic heterocycles. The normalized spacial score (nSPS) is 10.2. The van der Waals surface area contributed by atoms with Crippen LogP contribution in [0.25, 0.3) is 0 Å². The SMILES string of the molecule is Fc1ccc(Oc2ncncc2Br)cc1F. The van der Waals surface area contributed by atoms with E-state index in [1.165, 1.54) is 18.6 Å². The summed E-state index contributed by atoms with van der Waals surface area (Å²) in [5.41, 5.74) is 0.